The lowest BCUT2D eigenvalue weighted by Gasteiger charge is -2.24. The lowest BCUT2D eigenvalue weighted by molar-refractivity contribution is -0.247. The molecule has 76 valence electrons. The lowest BCUT2D eigenvalue weighted by atomic mass is 10.2. The van der Waals surface area contributed by atoms with Crippen LogP contribution in [0.25, 0.3) is 0 Å². The van der Waals surface area contributed by atoms with Crippen molar-refractivity contribution in [3.05, 3.63) is 0 Å². The SMILES string of the molecule is CO[C@H]1CC[C@](OC)(C(=O)NN)O1. The number of rotatable bonds is 3. The van der Waals surface area contributed by atoms with Crippen molar-refractivity contribution < 1.29 is 19.0 Å². The maximum Gasteiger partial charge on any atom is 0.294 e. The highest BCUT2D eigenvalue weighted by Gasteiger charge is 2.47. The minimum absolute atomic E-state index is 0.405. The Morgan fingerprint density at radius 1 is 1.69 bits per heavy atom. The van der Waals surface area contributed by atoms with Gasteiger partial charge in [-0.25, -0.2) is 5.84 Å². The van der Waals surface area contributed by atoms with Crippen LogP contribution < -0.4 is 11.3 Å². The Bertz CT molecular complexity index is 199. The molecular weight excluding hydrogens is 176 g/mol. The first-order valence-electron chi connectivity index (χ1n) is 3.95. The zero-order valence-electron chi connectivity index (χ0n) is 7.70. The highest BCUT2D eigenvalue weighted by Crippen LogP contribution is 2.31. The van der Waals surface area contributed by atoms with Gasteiger partial charge in [0.05, 0.1) is 0 Å². The summed E-state index contributed by atoms with van der Waals surface area (Å²) in [5.74, 6) is 3.23. The van der Waals surface area contributed by atoms with E-state index in [9.17, 15) is 4.79 Å². The number of nitrogens with two attached hydrogens (primary N) is 1. The number of methoxy groups -OCH3 is 2. The van der Waals surface area contributed by atoms with E-state index in [1.54, 1.807) is 0 Å². The number of hydrazine groups is 1. The lowest BCUT2D eigenvalue weighted by Crippen LogP contribution is -2.50. The fraction of sp³-hybridized carbons (Fsp3) is 0.857. The van der Waals surface area contributed by atoms with Crippen LogP contribution >= 0.6 is 0 Å². The largest absolute Gasteiger partial charge is 0.356 e. The van der Waals surface area contributed by atoms with Crippen molar-refractivity contribution >= 4 is 5.91 Å². The van der Waals surface area contributed by atoms with Crippen molar-refractivity contribution in [3.8, 4) is 0 Å². The highest BCUT2D eigenvalue weighted by molar-refractivity contribution is 5.83. The molecule has 1 rings (SSSR count). The van der Waals surface area contributed by atoms with Gasteiger partial charge in [-0.05, 0) is 0 Å². The third-order valence-corrected chi connectivity index (χ3v) is 2.10. The summed E-state index contributed by atoms with van der Waals surface area (Å²) in [6.07, 6.45) is 0.639. The molecule has 0 unspecified atom stereocenters. The fourth-order valence-electron chi connectivity index (χ4n) is 1.32. The summed E-state index contributed by atoms with van der Waals surface area (Å²) in [4.78, 5) is 11.3. The standard InChI is InChI=1S/C7H14N2O4/c1-11-5-3-4-7(12-2,13-5)6(10)9-8/h5H,3-4,8H2,1-2H3,(H,9,10)/t5-,7-/m1/s1. The van der Waals surface area contributed by atoms with E-state index >= 15 is 0 Å². The molecule has 0 spiro atoms. The summed E-state index contributed by atoms with van der Waals surface area (Å²) in [5.41, 5.74) is 2.00. The topological polar surface area (TPSA) is 82.8 Å². The molecule has 1 saturated heterocycles. The van der Waals surface area contributed by atoms with Gasteiger partial charge in [0.25, 0.3) is 11.7 Å². The fourth-order valence-corrected chi connectivity index (χ4v) is 1.32. The second-order valence-corrected chi connectivity index (χ2v) is 2.75. The van der Waals surface area contributed by atoms with Gasteiger partial charge in [-0.3, -0.25) is 10.2 Å². The molecule has 6 heteroatoms. The zero-order chi connectivity index (χ0) is 9.90. The molecule has 1 amide bonds. The number of ether oxygens (including phenoxy) is 3. The Hall–Kier alpha value is -0.690. The number of carbonyl (C=O) groups is 1. The zero-order valence-corrected chi connectivity index (χ0v) is 7.70. The summed E-state index contributed by atoms with van der Waals surface area (Å²) >= 11 is 0. The van der Waals surface area contributed by atoms with E-state index in [1.807, 2.05) is 5.43 Å². The molecule has 2 atom stereocenters. The van der Waals surface area contributed by atoms with Gasteiger partial charge in [-0.2, -0.15) is 0 Å². The Labute approximate surface area is 76.3 Å². The maximum atomic E-state index is 11.3. The minimum Gasteiger partial charge on any atom is -0.356 e. The molecule has 1 heterocycles. The first-order valence-corrected chi connectivity index (χ1v) is 3.95. The molecular formula is C7H14N2O4. The van der Waals surface area contributed by atoms with Gasteiger partial charge >= 0.3 is 0 Å². The summed E-state index contributed by atoms with van der Waals surface area (Å²) in [6.45, 7) is 0. The molecule has 0 radical (unpaired) electrons. The van der Waals surface area contributed by atoms with Crippen LogP contribution in [-0.4, -0.2) is 32.2 Å². The first-order chi connectivity index (χ1) is 6.18. The third-order valence-electron chi connectivity index (χ3n) is 2.10. The van der Waals surface area contributed by atoms with Gasteiger partial charge in [-0.1, -0.05) is 0 Å². The monoisotopic (exact) mass is 190 g/mol. The smallest absolute Gasteiger partial charge is 0.294 e. The summed E-state index contributed by atoms with van der Waals surface area (Å²) in [5, 5.41) is 0. The molecule has 3 N–H and O–H groups in total. The number of hydrogen-bond donors (Lipinski definition) is 2. The van der Waals surface area contributed by atoms with E-state index < -0.39 is 18.0 Å². The van der Waals surface area contributed by atoms with Crippen LogP contribution in [0.3, 0.4) is 0 Å². The van der Waals surface area contributed by atoms with Gasteiger partial charge in [-0.15, -0.1) is 0 Å². The third kappa shape index (κ3) is 1.80. The van der Waals surface area contributed by atoms with Crippen LogP contribution in [0.5, 0.6) is 0 Å². The Kier molecular flexibility index (Phi) is 3.21. The van der Waals surface area contributed by atoms with Crippen LogP contribution in [0, 0.1) is 0 Å². The average molecular weight is 190 g/mol. The summed E-state index contributed by atoms with van der Waals surface area (Å²) in [6, 6.07) is 0. The number of hydrogen-bond acceptors (Lipinski definition) is 5. The Balaban J connectivity index is 2.67. The van der Waals surface area contributed by atoms with E-state index in [4.69, 9.17) is 20.1 Å². The van der Waals surface area contributed by atoms with E-state index in [0.717, 1.165) is 0 Å². The molecule has 1 fully saturated rings. The summed E-state index contributed by atoms with van der Waals surface area (Å²) in [7, 11) is 2.91. The number of carbonyl (C=O) groups excluding carboxylic acids is 1. The van der Waals surface area contributed by atoms with Gasteiger partial charge in [0.15, 0.2) is 6.29 Å². The van der Waals surface area contributed by atoms with Crippen molar-refractivity contribution in [2.75, 3.05) is 14.2 Å². The van der Waals surface area contributed by atoms with E-state index in [-0.39, 0.29) is 0 Å². The van der Waals surface area contributed by atoms with Crippen LogP contribution in [0.4, 0.5) is 0 Å². The molecule has 1 aliphatic rings. The second kappa shape index (κ2) is 4.01. The molecule has 1 aliphatic heterocycles. The second-order valence-electron chi connectivity index (χ2n) is 2.75. The van der Waals surface area contributed by atoms with Crippen molar-refractivity contribution in [2.45, 2.75) is 24.9 Å². The van der Waals surface area contributed by atoms with Crippen molar-refractivity contribution in [2.24, 2.45) is 5.84 Å². The molecule has 6 nitrogen and oxygen atoms in total. The van der Waals surface area contributed by atoms with Crippen LogP contribution in [0.1, 0.15) is 12.8 Å². The van der Waals surface area contributed by atoms with Gasteiger partial charge < -0.3 is 14.2 Å². The maximum absolute atomic E-state index is 11.3. The Morgan fingerprint density at radius 2 is 2.38 bits per heavy atom. The predicted molar refractivity (Wildman–Crippen MR) is 43.2 cm³/mol. The van der Waals surface area contributed by atoms with Gasteiger partial charge in [0.1, 0.15) is 0 Å². The van der Waals surface area contributed by atoms with Crippen molar-refractivity contribution in [3.63, 3.8) is 0 Å². The molecule has 0 aromatic rings. The van der Waals surface area contributed by atoms with Crippen LogP contribution in [0.2, 0.25) is 0 Å². The molecule has 13 heavy (non-hydrogen) atoms. The van der Waals surface area contributed by atoms with Gasteiger partial charge in [0.2, 0.25) is 0 Å². The first kappa shape index (κ1) is 10.4. The number of amides is 1. The van der Waals surface area contributed by atoms with Crippen molar-refractivity contribution in [1.82, 2.24) is 5.43 Å². The van der Waals surface area contributed by atoms with E-state index in [2.05, 4.69) is 0 Å². The molecule has 0 saturated carbocycles. The minimum atomic E-state index is -1.28. The quantitative estimate of drug-likeness (QED) is 0.342. The molecule has 0 aromatic carbocycles. The molecule has 0 aromatic heterocycles. The van der Waals surface area contributed by atoms with E-state index in [0.29, 0.717) is 12.8 Å². The average Bonchev–Trinajstić information content (AvgIpc) is 2.61. The van der Waals surface area contributed by atoms with Crippen LogP contribution in [-0.2, 0) is 19.0 Å². The van der Waals surface area contributed by atoms with E-state index in [1.165, 1.54) is 14.2 Å². The summed E-state index contributed by atoms with van der Waals surface area (Å²) < 4.78 is 15.2. The van der Waals surface area contributed by atoms with Gasteiger partial charge in [0, 0.05) is 27.1 Å². The van der Waals surface area contributed by atoms with Crippen molar-refractivity contribution in [1.29, 1.82) is 0 Å². The van der Waals surface area contributed by atoms with Crippen LogP contribution in [0.15, 0.2) is 0 Å². The Morgan fingerprint density at radius 3 is 2.77 bits per heavy atom. The normalized spacial score (nSPS) is 33.3. The number of nitrogens with one attached hydrogen (secondary N) is 1. The molecule has 0 bridgehead atoms. The molecule has 0 aliphatic carbocycles. The predicted octanol–water partition coefficient (Wildman–Crippen LogP) is -0.898. The highest BCUT2D eigenvalue weighted by atomic mass is 16.8.